The van der Waals surface area contributed by atoms with Gasteiger partial charge in [-0.25, -0.2) is 0 Å². The van der Waals surface area contributed by atoms with E-state index in [1.165, 1.54) is 32.1 Å². The van der Waals surface area contributed by atoms with Gasteiger partial charge in [-0.05, 0) is 123 Å². The molecule has 42 heavy (non-hydrogen) atoms. The van der Waals surface area contributed by atoms with Crippen molar-refractivity contribution in [3.05, 3.63) is 41.7 Å². The molecule has 0 radical (unpaired) electrons. The zero-order chi connectivity index (χ0) is 29.6. The molecule has 6 heteroatoms. The normalized spacial score (nSPS) is 37.2. The van der Waals surface area contributed by atoms with Crippen LogP contribution < -0.4 is 0 Å². The van der Waals surface area contributed by atoms with E-state index in [1.54, 1.807) is 30.1 Å². The quantitative estimate of drug-likeness (QED) is 0.393. The van der Waals surface area contributed by atoms with Gasteiger partial charge >= 0.3 is 0 Å². The van der Waals surface area contributed by atoms with Crippen LogP contribution in [0.4, 0.5) is 0 Å². The van der Waals surface area contributed by atoms with Crippen LogP contribution in [0.1, 0.15) is 108 Å². The van der Waals surface area contributed by atoms with E-state index in [0.29, 0.717) is 40.6 Å². The lowest BCUT2D eigenvalue weighted by Gasteiger charge is -2.58. The summed E-state index contributed by atoms with van der Waals surface area (Å²) < 4.78 is 0. The number of allylic oxidation sites excluding steroid dienone is 1. The smallest absolute Gasteiger partial charge is 0.253 e. The Morgan fingerprint density at radius 3 is 2.52 bits per heavy atom. The highest BCUT2D eigenvalue weighted by molar-refractivity contribution is 5.94. The van der Waals surface area contributed by atoms with Crippen LogP contribution >= 0.6 is 0 Å². The zero-order valence-corrected chi connectivity index (χ0v) is 26.4. The number of aliphatic hydroxyl groups excluding tert-OH is 1. The molecule has 1 aromatic rings. The van der Waals surface area contributed by atoms with Crippen molar-refractivity contribution in [1.29, 1.82) is 0 Å². The van der Waals surface area contributed by atoms with E-state index >= 15 is 0 Å². The summed E-state index contributed by atoms with van der Waals surface area (Å²) in [7, 11) is 1.89. The van der Waals surface area contributed by atoms with Gasteiger partial charge in [0, 0.05) is 50.6 Å². The molecule has 1 N–H and O–H groups in total. The average Bonchev–Trinajstić information content (AvgIpc) is 3.37. The summed E-state index contributed by atoms with van der Waals surface area (Å²) in [5.41, 5.74) is 2.92. The van der Waals surface area contributed by atoms with Crippen molar-refractivity contribution < 1.29 is 14.7 Å². The van der Waals surface area contributed by atoms with Crippen molar-refractivity contribution in [1.82, 2.24) is 14.8 Å². The van der Waals surface area contributed by atoms with Crippen molar-refractivity contribution >= 4 is 11.8 Å². The standard InChI is InChI=1S/C36H53N3O3/c1-24(5-10-33(41)39-21-15-27(16-22-39)38(4)34(42)25-13-19-37-20-14-25)30-8-9-31-29-7-6-26-23-28(40)11-17-35(26,2)32(29)12-18-36(30,31)3/h6,13-14,19-20,24,27-32,40H,5,7-12,15-18,21-23H2,1-4H3/t24?,28-,29-,30+,31-,32-,35-,36+/m0/s1. The summed E-state index contributed by atoms with van der Waals surface area (Å²) in [6, 6.07) is 3.70. The number of pyridine rings is 1. The molecule has 0 spiro atoms. The van der Waals surface area contributed by atoms with Crippen LogP contribution in [0.15, 0.2) is 36.2 Å². The fourth-order valence-electron chi connectivity index (χ4n) is 10.7. The third-order valence-corrected chi connectivity index (χ3v) is 13.3. The van der Waals surface area contributed by atoms with E-state index in [2.05, 4.69) is 31.8 Å². The van der Waals surface area contributed by atoms with Gasteiger partial charge in [-0.1, -0.05) is 32.4 Å². The van der Waals surface area contributed by atoms with Gasteiger partial charge in [0.1, 0.15) is 0 Å². The van der Waals surface area contributed by atoms with E-state index in [9.17, 15) is 14.7 Å². The summed E-state index contributed by atoms with van der Waals surface area (Å²) in [6.07, 6.45) is 18.6. The Hall–Kier alpha value is -2.21. The van der Waals surface area contributed by atoms with Crippen LogP contribution in [-0.2, 0) is 4.79 Å². The van der Waals surface area contributed by atoms with Gasteiger partial charge in [0.15, 0.2) is 0 Å². The molecule has 4 aliphatic carbocycles. The number of piperidine rings is 1. The fourth-order valence-corrected chi connectivity index (χ4v) is 10.7. The highest BCUT2D eigenvalue weighted by Crippen LogP contribution is 2.67. The Bertz CT molecular complexity index is 1180. The molecule has 6 rings (SSSR count). The van der Waals surface area contributed by atoms with Gasteiger partial charge in [-0.3, -0.25) is 14.6 Å². The van der Waals surface area contributed by atoms with E-state index < -0.39 is 0 Å². The minimum atomic E-state index is -0.136. The molecule has 1 saturated heterocycles. The molecule has 1 aromatic heterocycles. The molecular formula is C36H53N3O3. The Morgan fingerprint density at radius 1 is 1.05 bits per heavy atom. The summed E-state index contributed by atoms with van der Waals surface area (Å²) >= 11 is 0. The first-order valence-corrected chi connectivity index (χ1v) is 16.9. The molecule has 230 valence electrons. The summed E-state index contributed by atoms with van der Waals surface area (Å²) in [6.45, 7) is 9.02. The van der Waals surface area contributed by atoms with Gasteiger partial charge in [0.25, 0.3) is 5.91 Å². The first-order chi connectivity index (χ1) is 20.1. The van der Waals surface area contributed by atoms with E-state index in [0.717, 1.165) is 69.4 Å². The highest BCUT2D eigenvalue weighted by Gasteiger charge is 2.59. The number of likely N-dealkylation sites (tertiary alicyclic amines) is 1. The van der Waals surface area contributed by atoms with Gasteiger partial charge in [0.2, 0.25) is 5.91 Å². The number of aromatic nitrogens is 1. The zero-order valence-electron chi connectivity index (χ0n) is 26.4. The first-order valence-electron chi connectivity index (χ1n) is 16.9. The molecule has 0 aromatic carbocycles. The van der Waals surface area contributed by atoms with Gasteiger partial charge in [0.05, 0.1) is 6.10 Å². The van der Waals surface area contributed by atoms with Crippen molar-refractivity contribution in [2.45, 2.75) is 110 Å². The van der Waals surface area contributed by atoms with Crippen LogP contribution in [0.25, 0.3) is 0 Å². The third-order valence-electron chi connectivity index (χ3n) is 13.3. The average molecular weight is 576 g/mol. The van der Waals surface area contributed by atoms with Crippen LogP contribution in [0.3, 0.4) is 0 Å². The van der Waals surface area contributed by atoms with Crippen molar-refractivity contribution in [2.75, 3.05) is 20.1 Å². The molecule has 5 aliphatic rings. The molecule has 6 nitrogen and oxygen atoms in total. The number of amides is 2. The minimum Gasteiger partial charge on any atom is -0.393 e. The molecule has 8 atom stereocenters. The minimum absolute atomic E-state index is 0.0322. The maximum absolute atomic E-state index is 13.3. The Morgan fingerprint density at radius 2 is 1.79 bits per heavy atom. The van der Waals surface area contributed by atoms with Crippen molar-refractivity contribution in [2.24, 2.45) is 40.4 Å². The maximum Gasteiger partial charge on any atom is 0.253 e. The first kappa shape index (κ1) is 29.8. The van der Waals surface area contributed by atoms with E-state index in [1.807, 2.05) is 16.8 Å². The van der Waals surface area contributed by atoms with Crippen LogP contribution in [0.5, 0.6) is 0 Å². The number of rotatable bonds is 6. The highest BCUT2D eigenvalue weighted by atomic mass is 16.3. The molecule has 2 heterocycles. The SMILES string of the molecule is CC(CCC(=O)N1CCC(N(C)C(=O)c2ccncc2)CC1)[C@H]1CC[C@H]2[C@@H]3CC=C4C[C@@H](O)CC[C@]4(C)[C@H]3CC[C@]12C. The number of carbonyl (C=O) groups excluding carboxylic acids is 2. The Kier molecular flexibility index (Phi) is 8.32. The predicted molar refractivity (Wildman–Crippen MR) is 166 cm³/mol. The van der Waals surface area contributed by atoms with Gasteiger partial charge < -0.3 is 14.9 Å². The van der Waals surface area contributed by atoms with E-state index in [-0.39, 0.29) is 18.1 Å². The number of hydrogen-bond donors (Lipinski definition) is 1. The Labute approximate surface area is 253 Å². The molecule has 0 bridgehead atoms. The van der Waals surface area contributed by atoms with Crippen molar-refractivity contribution in [3.8, 4) is 0 Å². The monoisotopic (exact) mass is 575 g/mol. The van der Waals surface area contributed by atoms with Crippen molar-refractivity contribution in [3.63, 3.8) is 0 Å². The van der Waals surface area contributed by atoms with Crippen LogP contribution in [-0.4, -0.2) is 64.0 Å². The lowest BCUT2D eigenvalue weighted by Crippen LogP contribution is -2.50. The molecule has 1 aliphatic heterocycles. The lowest BCUT2D eigenvalue weighted by molar-refractivity contribution is -0.133. The number of carbonyl (C=O) groups is 2. The summed E-state index contributed by atoms with van der Waals surface area (Å²) in [5.74, 6) is 3.97. The number of hydrogen-bond acceptors (Lipinski definition) is 4. The van der Waals surface area contributed by atoms with Gasteiger partial charge in [-0.15, -0.1) is 0 Å². The lowest BCUT2D eigenvalue weighted by atomic mass is 9.47. The third kappa shape index (κ3) is 5.24. The maximum atomic E-state index is 13.3. The predicted octanol–water partition coefficient (Wildman–Crippen LogP) is 6.50. The van der Waals surface area contributed by atoms with E-state index in [4.69, 9.17) is 0 Å². The molecule has 3 saturated carbocycles. The molecule has 4 fully saturated rings. The van der Waals surface area contributed by atoms with Crippen LogP contribution in [0.2, 0.25) is 0 Å². The molecular weight excluding hydrogens is 522 g/mol. The number of nitrogens with zero attached hydrogens (tertiary/aromatic N) is 3. The Balaban J connectivity index is 1.01. The van der Waals surface area contributed by atoms with Gasteiger partial charge in [-0.2, -0.15) is 0 Å². The molecule has 2 amide bonds. The summed E-state index contributed by atoms with van der Waals surface area (Å²) in [5, 5.41) is 10.3. The number of aliphatic hydroxyl groups is 1. The number of fused-ring (bicyclic) bond motifs is 5. The summed E-state index contributed by atoms with van der Waals surface area (Å²) in [4.78, 5) is 34.1. The largest absolute Gasteiger partial charge is 0.393 e. The second kappa shape index (κ2) is 11.7. The fraction of sp³-hybridized carbons (Fsp3) is 0.750. The topological polar surface area (TPSA) is 73.7 Å². The molecule has 1 unspecified atom stereocenters. The second-order valence-corrected chi connectivity index (χ2v) is 15.2. The van der Waals surface area contributed by atoms with Crippen LogP contribution in [0, 0.1) is 40.4 Å². The second-order valence-electron chi connectivity index (χ2n) is 15.2.